The number of pyridine rings is 1. The molecule has 1 saturated carbocycles. The number of halogens is 1. The van der Waals surface area contributed by atoms with E-state index >= 15 is 4.39 Å². The van der Waals surface area contributed by atoms with Crippen LogP contribution in [0.1, 0.15) is 61.8 Å². The monoisotopic (exact) mass is 501 g/mol. The van der Waals surface area contributed by atoms with Crippen molar-refractivity contribution in [1.82, 2.24) is 4.98 Å². The molecule has 2 N–H and O–H groups in total. The molecular formula is C31H32FNO4. The number of ether oxygens (including phenoxy) is 1. The number of carboxylic acid groups (broad SMARTS) is 1. The fourth-order valence-corrected chi connectivity index (χ4v) is 5.12. The molecule has 0 unspecified atom stereocenters. The fraction of sp³-hybridized carbons (Fsp3) is 0.355. The van der Waals surface area contributed by atoms with Crippen molar-refractivity contribution in [2.45, 2.75) is 64.9 Å². The van der Waals surface area contributed by atoms with Crippen LogP contribution in [0.4, 0.5) is 4.39 Å². The van der Waals surface area contributed by atoms with Gasteiger partial charge in [0.1, 0.15) is 11.6 Å². The summed E-state index contributed by atoms with van der Waals surface area (Å²) in [6.45, 7) is 7.79. The molecule has 192 valence electrons. The van der Waals surface area contributed by atoms with Crippen molar-refractivity contribution in [3.05, 3.63) is 70.7 Å². The van der Waals surface area contributed by atoms with Gasteiger partial charge in [-0.25, -0.2) is 4.39 Å². The molecule has 0 amide bonds. The third kappa shape index (κ3) is 5.16. The molecule has 1 aliphatic carbocycles. The van der Waals surface area contributed by atoms with Crippen molar-refractivity contribution >= 4 is 27.6 Å². The van der Waals surface area contributed by atoms with Gasteiger partial charge in [-0.3, -0.25) is 9.78 Å². The number of aromatic nitrogens is 1. The van der Waals surface area contributed by atoms with Crippen LogP contribution in [-0.4, -0.2) is 33.4 Å². The Labute approximate surface area is 215 Å². The van der Waals surface area contributed by atoms with Crippen LogP contribution in [0.5, 0.6) is 5.75 Å². The van der Waals surface area contributed by atoms with E-state index in [9.17, 15) is 9.90 Å². The van der Waals surface area contributed by atoms with Gasteiger partial charge in [-0.1, -0.05) is 6.07 Å². The van der Waals surface area contributed by atoms with Crippen LogP contribution in [-0.2, 0) is 17.6 Å². The maximum atomic E-state index is 15.2. The first-order valence-corrected chi connectivity index (χ1v) is 12.7. The molecule has 2 aliphatic rings. The molecule has 1 aliphatic heterocycles. The van der Waals surface area contributed by atoms with E-state index in [-0.39, 0.29) is 12.2 Å². The quantitative estimate of drug-likeness (QED) is 0.325. The second-order valence-electron chi connectivity index (χ2n) is 11.1. The minimum absolute atomic E-state index is 0.136. The molecule has 5 nitrogen and oxygen atoms in total. The topological polar surface area (TPSA) is 79.7 Å². The second-order valence-corrected chi connectivity index (χ2v) is 11.1. The largest absolute Gasteiger partial charge is 0.493 e. The average molecular weight is 502 g/mol. The number of rotatable bonds is 4. The summed E-state index contributed by atoms with van der Waals surface area (Å²) in [6.07, 6.45) is 4.49. The molecule has 0 spiro atoms. The lowest BCUT2D eigenvalue weighted by molar-refractivity contribution is -0.136. The highest BCUT2D eigenvalue weighted by Gasteiger charge is 2.28. The summed E-state index contributed by atoms with van der Waals surface area (Å²) in [7, 11) is 0. The number of aryl methyl sites for hydroxylation is 1. The van der Waals surface area contributed by atoms with Crippen molar-refractivity contribution in [2.75, 3.05) is 6.61 Å². The van der Waals surface area contributed by atoms with E-state index in [1.807, 2.05) is 37.3 Å². The minimum Gasteiger partial charge on any atom is -0.493 e. The van der Waals surface area contributed by atoms with E-state index in [1.54, 1.807) is 33.0 Å². The molecule has 3 aromatic carbocycles. The third-order valence-corrected chi connectivity index (χ3v) is 6.77. The molecule has 6 heteroatoms. The number of aliphatic carboxylic acids is 1. The first-order chi connectivity index (χ1) is 17.5. The van der Waals surface area contributed by atoms with Crippen LogP contribution in [0.2, 0.25) is 0 Å². The van der Waals surface area contributed by atoms with E-state index in [0.717, 1.165) is 74.5 Å². The number of carbonyl (C=O) groups is 1. The first-order valence-electron chi connectivity index (χ1n) is 12.7. The van der Waals surface area contributed by atoms with E-state index in [4.69, 9.17) is 9.84 Å². The molecule has 0 bridgehead atoms. The first kappa shape index (κ1) is 25.2. The molecule has 37 heavy (non-hydrogen) atoms. The van der Waals surface area contributed by atoms with E-state index in [0.29, 0.717) is 18.1 Å². The summed E-state index contributed by atoms with van der Waals surface area (Å²) in [6, 6.07) is 11.4. The lowest BCUT2D eigenvalue weighted by Crippen LogP contribution is -2.10. The third-order valence-electron chi connectivity index (χ3n) is 6.77. The average Bonchev–Trinajstić information content (AvgIpc) is 3.65. The summed E-state index contributed by atoms with van der Waals surface area (Å²) >= 11 is 0. The number of hydrogen-bond donors (Lipinski definition) is 2. The highest BCUT2D eigenvalue weighted by molar-refractivity contribution is 6.08. The molecule has 0 radical (unpaired) electrons. The van der Waals surface area contributed by atoms with Gasteiger partial charge in [-0.15, -0.1) is 0 Å². The van der Waals surface area contributed by atoms with Crippen LogP contribution in [0, 0.1) is 12.7 Å². The molecule has 1 aromatic heterocycles. The van der Waals surface area contributed by atoms with Crippen molar-refractivity contribution in [3.8, 4) is 16.9 Å². The SMILES string of the molecule is CC(C)(C)O.Cc1cc2cc(C3CC3)c(F)cc2c(-c2ccc3c4c(ccnc24)CCO3)c1CC(=O)O. The van der Waals surface area contributed by atoms with Gasteiger partial charge >= 0.3 is 5.97 Å². The van der Waals surface area contributed by atoms with Gasteiger partial charge in [0.15, 0.2) is 0 Å². The van der Waals surface area contributed by atoms with Gasteiger partial charge in [0.25, 0.3) is 0 Å². The van der Waals surface area contributed by atoms with Gasteiger partial charge in [-0.2, -0.15) is 0 Å². The van der Waals surface area contributed by atoms with Crippen molar-refractivity contribution in [1.29, 1.82) is 0 Å². The number of hydrogen-bond acceptors (Lipinski definition) is 4. The highest BCUT2D eigenvalue weighted by atomic mass is 19.1. The Kier molecular flexibility index (Phi) is 6.40. The molecule has 1 fully saturated rings. The predicted molar refractivity (Wildman–Crippen MR) is 144 cm³/mol. The Morgan fingerprint density at radius 2 is 1.89 bits per heavy atom. The molecule has 2 heterocycles. The van der Waals surface area contributed by atoms with E-state index in [2.05, 4.69) is 4.98 Å². The Morgan fingerprint density at radius 1 is 1.16 bits per heavy atom. The van der Waals surface area contributed by atoms with Crippen molar-refractivity contribution < 1.29 is 24.1 Å². The summed E-state index contributed by atoms with van der Waals surface area (Å²) in [5, 5.41) is 20.8. The zero-order valence-corrected chi connectivity index (χ0v) is 21.7. The number of fused-ring (bicyclic) bond motifs is 1. The van der Waals surface area contributed by atoms with E-state index < -0.39 is 11.6 Å². The van der Waals surface area contributed by atoms with Gasteiger partial charge in [0.2, 0.25) is 0 Å². The number of aliphatic hydroxyl groups is 1. The maximum Gasteiger partial charge on any atom is 0.307 e. The van der Waals surface area contributed by atoms with Crippen LogP contribution in [0.15, 0.2) is 42.6 Å². The Balaban J connectivity index is 0.000000514. The van der Waals surface area contributed by atoms with Gasteiger partial charge < -0.3 is 14.9 Å². The number of benzene rings is 3. The molecule has 0 saturated heterocycles. The fourth-order valence-electron chi connectivity index (χ4n) is 5.12. The van der Waals surface area contributed by atoms with E-state index in [1.165, 1.54) is 0 Å². The highest BCUT2D eigenvalue weighted by Crippen LogP contribution is 2.46. The molecule has 0 atom stereocenters. The Bertz CT molecular complexity index is 1520. The zero-order valence-electron chi connectivity index (χ0n) is 21.7. The summed E-state index contributed by atoms with van der Waals surface area (Å²) < 4.78 is 21.0. The Hall–Kier alpha value is -3.51. The number of carboxylic acids is 1. The normalized spacial score (nSPS) is 14.8. The summed E-state index contributed by atoms with van der Waals surface area (Å²) in [5.74, 6) is -0.0496. The lowest BCUT2D eigenvalue weighted by Gasteiger charge is -2.22. The molecular weight excluding hydrogens is 469 g/mol. The summed E-state index contributed by atoms with van der Waals surface area (Å²) in [5.41, 5.74) is 5.35. The second kappa shape index (κ2) is 9.42. The molecule has 6 rings (SSSR count). The van der Waals surface area contributed by atoms with Crippen molar-refractivity contribution in [2.24, 2.45) is 0 Å². The molecule has 4 aromatic rings. The minimum atomic E-state index is -0.914. The standard InChI is InChI=1S/C27H22FNO3.C4H10O/c1-14-10-17-11-20(15-2-3-15)22(28)12-21(17)26(19(14)13-24(30)31)18-4-5-23-25-16(7-9-32-23)6-8-29-27(18)25;1-4(2,3)5/h4-6,8,10-12,15H,2-3,7,9,13H2,1H3,(H,30,31);5H,1-3H3. The van der Waals surface area contributed by atoms with Crippen LogP contribution in [0.3, 0.4) is 0 Å². The number of nitrogens with zero attached hydrogens (tertiary/aromatic N) is 1. The van der Waals surface area contributed by atoms with Gasteiger partial charge in [0.05, 0.1) is 24.1 Å². The van der Waals surface area contributed by atoms with Crippen molar-refractivity contribution in [3.63, 3.8) is 0 Å². The van der Waals surface area contributed by atoms with Gasteiger partial charge in [-0.05, 0) is 115 Å². The van der Waals surface area contributed by atoms with Crippen LogP contribution in [0.25, 0.3) is 32.8 Å². The lowest BCUT2D eigenvalue weighted by atomic mass is 9.86. The summed E-state index contributed by atoms with van der Waals surface area (Å²) in [4.78, 5) is 16.5. The smallest absolute Gasteiger partial charge is 0.307 e. The predicted octanol–water partition coefficient (Wildman–Crippen LogP) is 6.72. The Morgan fingerprint density at radius 3 is 2.57 bits per heavy atom. The van der Waals surface area contributed by atoms with Gasteiger partial charge in [0, 0.05) is 23.6 Å². The van der Waals surface area contributed by atoms with Crippen LogP contribution < -0.4 is 4.74 Å². The van der Waals surface area contributed by atoms with Crippen LogP contribution >= 0.6 is 0 Å². The maximum absolute atomic E-state index is 15.2. The zero-order chi connectivity index (χ0) is 26.5.